The molecular weight excluding hydrogens is 184 g/mol. The average Bonchev–Trinajstić information content (AvgIpc) is 2.61. The van der Waals surface area contributed by atoms with Crippen LogP contribution in [0.1, 0.15) is 6.92 Å². The molecule has 1 amide bonds. The summed E-state index contributed by atoms with van der Waals surface area (Å²) in [6.07, 6.45) is 3.30. The molecule has 1 aromatic heterocycles. The van der Waals surface area contributed by atoms with E-state index >= 15 is 0 Å². The van der Waals surface area contributed by atoms with Crippen LogP contribution in [-0.2, 0) is 11.3 Å². The minimum atomic E-state index is -0.778. The van der Waals surface area contributed by atoms with Gasteiger partial charge in [-0.25, -0.2) is 0 Å². The highest BCUT2D eigenvalue weighted by molar-refractivity contribution is 5.79. The number of ether oxygens (including phenoxy) is 1. The van der Waals surface area contributed by atoms with Gasteiger partial charge in [-0.2, -0.15) is 5.10 Å². The van der Waals surface area contributed by atoms with Gasteiger partial charge < -0.3 is 16.2 Å². The first-order chi connectivity index (χ1) is 6.63. The molecule has 0 aliphatic rings. The maximum atomic E-state index is 10.6. The molecule has 1 heterocycles. The molecule has 0 bridgehead atoms. The van der Waals surface area contributed by atoms with Gasteiger partial charge >= 0.3 is 0 Å². The number of carbonyl (C=O) groups excluding carboxylic acids is 1. The molecule has 0 saturated heterocycles. The number of nitrogens with zero attached hydrogens (tertiary/aromatic N) is 2. The van der Waals surface area contributed by atoms with E-state index in [0.29, 0.717) is 5.75 Å². The first kappa shape index (κ1) is 10.5. The first-order valence-corrected chi connectivity index (χ1v) is 4.33. The van der Waals surface area contributed by atoms with E-state index in [4.69, 9.17) is 16.2 Å². The average molecular weight is 198 g/mol. The lowest BCUT2D eigenvalue weighted by Crippen LogP contribution is -2.41. The van der Waals surface area contributed by atoms with Crippen molar-refractivity contribution in [3.63, 3.8) is 0 Å². The van der Waals surface area contributed by atoms with Crippen LogP contribution in [0.4, 0.5) is 0 Å². The summed E-state index contributed by atoms with van der Waals surface area (Å²) in [7, 11) is 0. The summed E-state index contributed by atoms with van der Waals surface area (Å²) in [5, 5.41) is 3.99. The Kier molecular flexibility index (Phi) is 3.47. The van der Waals surface area contributed by atoms with E-state index in [-0.39, 0.29) is 6.61 Å². The molecule has 1 aromatic rings. The van der Waals surface area contributed by atoms with Gasteiger partial charge in [-0.05, 0) is 6.92 Å². The van der Waals surface area contributed by atoms with Crippen molar-refractivity contribution in [2.75, 3.05) is 6.61 Å². The topological polar surface area (TPSA) is 96.2 Å². The largest absolute Gasteiger partial charge is 0.488 e. The van der Waals surface area contributed by atoms with Crippen molar-refractivity contribution in [2.24, 2.45) is 11.5 Å². The van der Waals surface area contributed by atoms with Crippen molar-refractivity contribution in [1.82, 2.24) is 9.78 Å². The van der Waals surface area contributed by atoms with Crippen LogP contribution in [0.25, 0.3) is 0 Å². The minimum absolute atomic E-state index is 0.0741. The lowest BCUT2D eigenvalue weighted by Gasteiger charge is -2.07. The second-order valence-electron chi connectivity index (χ2n) is 2.85. The van der Waals surface area contributed by atoms with Gasteiger partial charge in [0.15, 0.2) is 5.75 Å². The van der Waals surface area contributed by atoms with Crippen LogP contribution < -0.4 is 16.2 Å². The van der Waals surface area contributed by atoms with Gasteiger partial charge in [0.25, 0.3) is 0 Å². The van der Waals surface area contributed by atoms with Gasteiger partial charge in [-0.15, -0.1) is 0 Å². The number of primary amides is 1. The van der Waals surface area contributed by atoms with Crippen LogP contribution >= 0.6 is 0 Å². The van der Waals surface area contributed by atoms with Crippen molar-refractivity contribution < 1.29 is 9.53 Å². The molecule has 0 aromatic carbocycles. The third-order valence-corrected chi connectivity index (χ3v) is 1.73. The Morgan fingerprint density at radius 3 is 3.00 bits per heavy atom. The Morgan fingerprint density at radius 2 is 2.50 bits per heavy atom. The minimum Gasteiger partial charge on any atom is -0.488 e. The fourth-order valence-electron chi connectivity index (χ4n) is 0.860. The van der Waals surface area contributed by atoms with E-state index in [1.807, 2.05) is 6.92 Å². The molecule has 6 heteroatoms. The number of rotatable bonds is 5. The molecule has 0 fully saturated rings. The van der Waals surface area contributed by atoms with E-state index in [0.717, 1.165) is 6.54 Å². The lowest BCUT2D eigenvalue weighted by molar-refractivity contribution is -0.119. The number of nitrogens with two attached hydrogens (primary N) is 2. The van der Waals surface area contributed by atoms with E-state index in [1.54, 1.807) is 17.1 Å². The summed E-state index contributed by atoms with van der Waals surface area (Å²) in [6, 6.07) is -0.778. The number of hydrogen-bond acceptors (Lipinski definition) is 4. The number of hydrogen-bond donors (Lipinski definition) is 2. The molecule has 0 aliphatic carbocycles. The van der Waals surface area contributed by atoms with Gasteiger partial charge in [0.05, 0.1) is 12.4 Å². The third-order valence-electron chi connectivity index (χ3n) is 1.73. The molecule has 1 atom stereocenters. The number of amides is 1. The van der Waals surface area contributed by atoms with Crippen LogP contribution in [0.3, 0.4) is 0 Å². The predicted octanol–water partition coefficient (Wildman–Crippen LogP) is -0.906. The van der Waals surface area contributed by atoms with Gasteiger partial charge in [-0.3, -0.25) is 9.48 Å². The van der Waals surface area contributed by atoms with Gasteiger partial charge in [0.2, 0.25) is 5.91 Å². The lowest BCUT2D eigenvalue weighted by atomic mass is 10.3. The van der Waals surface area contributed by atoms with Crippen LogP contribution in [0.15, 0.2) is 12.4 Å². The second kappa shape index (κ2) is 4.61. The number of aryl methyl sites for hydroxylation is 1. The molecule has 1 rings (SSSR count). The molecular formula is C8H14N4O2. The van der Waals surface area contributed by atoms with Gasteiger partial charge in [0.1, 0.15) is 12.6 Å². The maximum absolute atomic E-state index is 10.6. The normalized spacial score (nSPS) is 12.4. The standard InChI is InChI=1S/C8H14N4O2/c1-2-12-4-6(3-11-12)14-5-7(9)8(10)13/h3-4,7H,2,5,9H2,1H3,(H2,10,13). The van der Waals surface area contributed by atoms with Crippen LogP contribution in [0.5, 0.6) is 5.75 Å². The Bertz CT molecular complexity index is 310. The first-order valence-electron chi connectivity index (χ1n) is 4.33. The molecule has 14 heavy (non-hydrogen) atoms. The quantitative estimate of drug-likeness (QED) is 0.640. The van der Waals surface area contributed by atoms with Crippen molar-refractivity contribution >= 4 is 5.91 Å². The zero-order chi connectivity index (χ0) is 10.6. The predicted molar refractivity (Wildman–Crippen MR) is 50.6 cm³/mol. The molecule has 0 spiro atoms. The highest BCUT2D eigenvalue weighted by Crippen LogP contribution is 2.07. The molecule has 0 radical (unpaired) electrons. The molecule has 1 unspecified atom stereocenters. The molecule has 6 nitrogen and oxygen atoms in total. The van der Waals surface area contributed by atoms with Gasteiger partial charge in [-0.1, -0.05) is 0 Å². The molecule has 0 saturated carbocycles. The summed E-state index contributed by atoms with van der Waals surface area (Å²) in [5.74, 6) is 0.0106. The maximum Gasteiger partial charge on any atom is 0.237 e. The van der Waals surface area contributed by atoms with Gasteiger partial charge in [0, 0.05) is 6.54 Å². The third kappa shape index (κ3) is 2.74. The summed E-state index contributed by atoms with van der Waals surface area (Å²) in [4.78, 5) is 10.6. The fraction of sp³-hybridized carbons (Fsp3) is 0.500. The fourth-order valence-corrected chi connectivity index (χ4v) is 0.860. The van der Waals surface area contributed by atoms with E-state index in [9.17, 15) is 4.79 Å². The van der Waals surface area contributed by atoms with Crippen molar-refractivity contribution in [3.05, 3.63) is 12.4 Å². The molecule has 4 N–H and O–H groups in total. The van der Waals surface area contributed by atoms with E-state index < -0.39 is 11.9 Å². The summed E-state index contributed by atoms with van der Waals surface area (Å²) in [5.41, 5.74) is 10.3. The Morgan fingerprint density at radius 1 is 1.79 bits per heavy atom. The van der Waals surface area contributed by atoms with Crippen LogP contribution in [0, 0.1) is 0 Å². The van der Waals surface area contributed by atoms with Crippen molar-refractivity contribution in [2.45, 2.75) is 19.5 Å². The second-order valence-corrected chi connectivity index (χ2v) is 2.85. The highest BCUT2D eigenvalue weighted by Gasteiger charge is 2.10. The van der Waals surface area contributed by atoms with Crippen molar-refractivity contribution in [1.29, 1.82) is 0 Å². The SMILES string of the molecule is CCn1cc(OCC(N)C(N)=O)cn1. The van der Waals surface area contributed by atoms with E-state index in [1.165, 1.54) is 0 Å². The summed E-state index contributed by atoms with van der Waals surface area (Å²) >= 11 is 0. The summed E-state index contributed by atoms with van der Waals surface area (Å²) < 4.78 is 6.92. The smallest absolute Gasteiger partial charge is 0.237 e. The Labute approximate surface area is 81.8 Å². The monoisotopic (exact) mass is 198 g/mol. The van der Waals surface area contributed by atoms with Crippen molar-refractivity contribution in [3.8, 4) is 5.75 Å². The van der Waals surface area contributed by atoms with Crippen LogP contribution in [-0.4, -0.2) is 28.3 Å². The van der Waals surface area contributed by atoms with Crippen LogP contribution in [0.2, 0.25) is 0 Å². The number of aromatic nitrogens is 2. The molecule has 0 aliphatic heterocycles. The van der Waals surface area contributed by atoms with E-state index in [2.05, 4.69) is 5.10 Å². The Balaban J connectivity index is 2.41. The highest BCUT2D eigenvalue weighted by atomic mass is 16.5. The molecule has 78 valence electrons. The Hall–Kier alpha value is -1.56. The number of carbonyl (C=O) groups is 1. The zero-order valence-corrected chi connectivity index (χ0v) is 8.01. The zero-order valence-electron chi connectivity index (χ0n) is 8.01. The summed E-state index contributed by atoms with van der Waals surface area (Å²) in [6.45, 7) is 2.81.